The zero-order chi connectivity index (χ0) is 34.1. The fourth-order valence-electron chi connectivity index (χ4n) is 4.18. The molecule has 0 heterocycles. The molecular formula is C39H45F2NO5. The number of amides is 1. The van der Waals surface area contributed by atoms with Crippen LogP contribution in [0, 0.1) is 11.6 Å². The predicted molar refractivity (Wildman–Crippen MR) is 184 cm³/mol. The van der Waals surface area contributed by atoms with E-state index in [0.717, 1.165) is 50.7 Å². The summed E-state index contributed by atoms with van der Waals surface area (Å²) in [5.74, 6) is -3.26. The van der Waals surface area contributed by atoms with Crippen molar-refractivity contribution in [2.75, 3.05) is 13.2 Å². The zero-order valence-corrected chi connectivity index (χ0v) is 27.3. The lowest BCUT2D eigenvalue weighted by molar-refractivity contribution is -0.132. The van der Waals surface area contributed by atoms with Crippen molar-refractivity contribution in [1.29, 1.82) is 0 Å². The van der Waals surface area contributed by atoms with E-state index in [4.69, 9.17) is 9.47 Å². The molecule has 0 radical (unpaired) electrons. The van der Waals surface area contributed by atoms with Crippen LogP contribution < -0.4 is 10.1 Å². The second-order valence-electron chi connectivity index (χ2n) is 10.4. The molecule has 0 aromatic heterocycles. The number of hydrogen-bond donors (Lipinski definition) is 1. The molecule has 47 heavy (non-hydrogen) atoms. The molecule has 250 valence electrons. The summed E-state index contributed by atoms with van der Waals surface area (Å²) in [5, 5.41) is 2.69. The van der Waals surface area contributed by atoms with Gasteiger partial charge in [-0.05, 0) is 74.8 Å². The van der Waals surface area contributed by atoms with Crippen LogP contribution in [0.3, 0.4) is 0 Å². The molecule has 0 unspecified atom stereocenters. The first-order chi connectivity index (χ1) is 22.8. The highest BCUT2D eigenvalue weighted by Gasteiger charge is 2.18. The van der Waals surface area contributed by atoms with Gasteiger partial charge in [-0.1, -0.05) is 85.9 Å². The van der Waals surface area contributed by atoms with Crippen LogP contribution in [0.4, 0.5) is 8.78 Å². The van der Waals surface area contributed by atoms with E-state index in [-0.39, 0.29) is 47.9 Å². The summed E-state index contributed by atoms with van der Waals surface area (Å²) in [6, 6.07) is 7.17. The van der Waals surface area contributed by atoms with E-state index in [1.54, 1.807) is 0 Å². The van der Waals surface area contributed by atoms with Crippen molar-refractivity contribution < 1.29 is 32.6 Å². The molecule has 1 amide bonds. The largest absolute Gasteiger partial charge is 0.460 e. The van der Waals surface area contributed by atoms with Crippen molar-refractivity contribution in [2.45, 2.75) is 65.2 Å². The number of hydrogen-bond acceptors (Lipinski definition) is 5. The second kappa shape index (κ2) is 23.5. The average Bonchev–Trinajstić information content (AvgIpc) is 3.04. The Labute approximate surface area is 277 Å². The molecule has 0 aliphatic rings. The molecule has 2 rings (SSSR count). The molecule has 1 N–H and O–H groups in total. The predicted octanol–water partition coefficient (Wildman–Crippen LogP) is 9.31. The fraction of sp³-hybridized carbons (Fsp3) is 0.308. The van der Waals surface area contributed by atoms with Gasteiger partial charge in [0.1, 0.15) is 29.6 Å². The van der Waals surface area contributed by atoms with Gasteiger partial charge in [-0.25, -0.2) is 13.6 Å². The molecule has 0 spiro atoms. The first-order valence-corrected chi connectivity index (χ1v) is 15.9. The molecule has 0 saturated carbocycles. The van der Waals surface area contributed by atoms with Crippen molar-refractivity contribution in [3.63, 3.8) is 0 Å². The second-order valence-corrected chi connectivity index (χ2v) is 10.4. The summed E-state index contributed by atoms with van der Waals surface area (Å²) < 4.78 is 38.0. The van der Waals surface area contributed by atoms with Crippen LogP contribution in [0.25, 0.3) is 11.1 Å². The molecule has 0 aliphatic carbocycles. The Morgan fingerprint density at radius 1 is 0.745 bits per heavy atom. The number of nitrogens with one attached hydrogen (secondary N) is 1. The van der Waals surface area contributed by atoms with Gasteiger partial charge in [-0.15, -0.1) is 0 Å². The van der Waals surface area contributed by atoms with Crippen LogP contribution in [0.2, 0.25) is 0 Å². The van der Waals surface area contributed by atoms with Gasteiger partial charge < -0.3 is 14.8 Å². The van der Waals surface area contributed by atoms with Gasteiger partial charge in [-0.3, -0.25) is 9.59 Å². The van der Waals surface area contributed by atoms with Crippen molar-refractivity contribution in [2.24, 2.45) is 0 Å². The Morgan fingerprint density at radius 2 is 1.32 bits per heavy atom. The lowest BCUT2D eigenvalue weighted by Crippen LogP contribution is -2.27. The maximum absolute atomic E-state index is 14.3. The number of rotatable bonds is 20. The fourth-order valence-corrected chi connectivity index (χ4v) is 4.18. The summed E-state index contributed by atoms with van der Waals surface area (Å²) in [6.07, 6.45) is 32.0. The Bertz CT molecular complexity index is 1470. The third-order valence-electron chi connectivity index (χ3n) is 6.49. The van der Waals surface area contributed by atoms with E-state index >= 15 is 0 Å². The van der Waals surface area contributed by atoms with E-state index in [1.165, 1.54) is 31.2 Å². The lowest BCUT2D eigenvalue weighted by atomic mass is 10.0. The van der Waals surface area contributed by atoms with Crippen LogP contribution in [-0.2, 0) is 14.3 Å². The molecule has 0 fully saturated rings. The van der Waals surface area contributed by atoms with Crippen molar-refractivity contribution in [1.82, 2.24) is 5.32 Å². The van der Waals surface area contributed by atoms with Crippen LogP contribution in [0.15, 0.2) is 109 Å². The number of benzene rings is 2. The third kappa shape index (κ3) is 16.9. The Balaban J connectivity index is 1.64. The topological polar surface area (TPSA) is 81.7 Å². The summed E-state index contributed by atoms with van der Waals surface area (Å²) in [6.45, 7) is 3.27. The third-order valence-corrected chi connectivity index (χ3v) is 6.49. The van der Waals surface area contributed by atoms with E-state index in [2.05, 4.69) is 73.0 Å². The first kappa shape index (κ1) is 38.3. The number of esters is 2. The van der Waals surface area contributed by atoms with E-state index < -0.39 is 23.6 Å². The smallest absolute Gasteiger partial charge is 0.342 e. The molecule has 0 bridgehead atoms. The first-order valence-electron chi connectivity index (χ1n) is 15.9. The average molecular weight is 646 g/mol. The van der Waals surface area contributed by atoms with Crippen molar-refractivity contribution in [3.05, 3.63) is 127 Å². The highest BCUT2D eigenvalue weighted by atomic mass is 19.1. The standard InChI is InChI=1S/C39H45F2NO5/c1-3-4-5-6-7-8-9-10-11-12-13-14-15-16-17-18-19-20-21-22-38(44)42-27-28-46-39(45)35-29-32(23-26-37(35)47-31(2)43)34-25-24-33(40)30-36(34)41/h4-5,7-8,10-11,13-14,16-17,19-20,23-26,29-30H,3,6,9,12,15,18,21-22,27-28H2,1-2H3,(H,42,44)/b5-4-,8-7-,11-10-,14-13-,17-16-,20-19-. The maximum atomic E-state index is 14.3. The van der Waals surface area contributed by atoms with Crippen LogP contribution in [0.5, 0.6) is 5.75 Å². The molecular weight excluding hydrogens is 600 g/mol. The van der Waals surface area contributed by atoms with E-state index in [0.29, 0.717) is 6.42 Å². The minimum absolute atomic E-state index is 0.0609. The van der Waals surface area contributed by atoms with Crippen LogP contribution in [0.1, 0.15) is 75.6 Å². The number of carbonyl (C=O) groups excluding carboxylic acids is 3. The normalized spacial score (nSPS) is 12.0. The van der Waals surface area contributed by atoms with E-state index in [9.17, 15) is 23.2 Å². The molecule has 8 heteroatoms. The van der Waals surface area contributed by atoms with Gasteiger partial charge >= 0.3 is 11.9 Å². The lowest BCUT2D eigenvalue weighted by Gasteiger charge is -2.12. The zero-order valence-electron chi connectivity index (χ0n) is 27.3. The van der Waals surface area contributed by atoms with Crippen molar-refractivity contribution in [3.8, 4) is 16.9 Å². The van der Waals surface area contributed by atoms with Crippen LogP contribution in [-0.4, -0.2) is 31.0 Å². The van der Waals surface area contributed by atoms with Gasteiger partial charge in [0, 0.05) is 25.0 Å². The van der Waals surface area contributed by atoms with Crippen LogP contribution >= 0.6 is 0 Å². The maximum Gasteiger partial charge on any atom is 0.342 e. The van der Waals surface area contributed by atoms with Gasteiger partial charge in [0.2, 0.25) is 5.91 Å². The monoisotopic (exact) mass is 645 g/mol. The van der Waals surface area contributed by atoms with Gasteiger partial charge in [0.05, 0.1) is 6.54 Å². The van der Waals surface area contributed by atoms with Gasteiger partial charge in [0.15, 0.2) is 0 Å². The summed E-state index contributed by atoms with van der Waals surface area (Å²) in [5.41, 5.74) is 0.229. The van der Waals surface area contributed by atoms with E-state index in [1.807, 2.05) is 12.2 Å². The Hall–Kier alpha value is -4.85. The molecule has 0 saturated heterocycles. The van der Waals surface area contributed by atoms with Gasteiger partial charge in [0.25, 0.3) is 0 Å². The molecule has 0 aliphatic heterocycles. The molecule has 2 aromatic carbocycles. The molecule has 0 atom stereocenters. The molecule has 2 aromatic rings. The highest BCUT2D eigenvalue weighted by Crippen LogP contribution is 2.29. The highest BCUT2D eigenvalue weighted by molar-refractivity contribution is 5.95. The summed E-state index contributed by atoms with van der Waals surface area (Å²) in [4.78, 5) is 36.4. The minimum atomic E-state index is -0.821. The molecule has 6 nitrogen and oxygen atoms in total. The Morgan fingerprint density at radius 3 is 1.87 bits per heavy atom. The number of ether oxygens (including phenoxy) is 2. The van der Waals surface area contributed by atoms with Crippen molar-refractivity contribution >= 4 is 17.8 Å². The number of allylic oxidation sites excluding steroid dienone is 12. The quantitative estimate of drug-likeness (QED) is 0.0672. The summed E-state index contributed by atoms with van der Waals surface area (Å²) in [7, 11) is 0. The number of carbonyl (C=O) groups is 3. The minimum Gasteiger partial charge on any atom is -0.460 e. The Kier molecular flexibility index (Phi) is 19.2. The SMILES string of the molecule is CC/C=C\C/C=C\C/C=C\C/C=C\C/C=C\C/C=C\CCC(=O)NCCOC(=O)c1cc(-c2ccc(F)cc2F)ccc1OC(C)=O. The summed E-state index contributed by atoms with van der Waals surface area (Å²) >= 11 is 0. The number of halogens is 2. The van der Waals surface area contributed by atoms with Gasteiger partial charge in [-0.2, -0.15) is 0 Å².